The summed E-state index contributed by atoms with van der Waals surface area (Å²) in [7, 11) is 0. The monoisotopic (exact) mass is 345 g/mol. The van der Waals surface area contributed by atoms with E-state index in [1.807, 2.05) is 12.1 Å². The minimum Gasteiger partial charge on any atom is -0.354 e. The van der Waals surface area contributed by atoms with Crippen LogP contribution in [0.15, 0.2) is 35.1 Å². The van der Waals surface area contributed by atoms with Gasteiger partial charge in [-0.15, -0.1) is 0 Å². The molecule has 3 rings (SSSR count). The molecule has 1 heterocycles. The molecule has 1 aromatic carbocycles. The number of aromatic nitrogens is 2. The van der Waals surface area contributed by atoms with Gasteiger partial charge >= 0.3 is 0 Å². The Morgan fingerprint density at radius 3 is 2.75 bits per heavy atom. The van der Waals surface area contributed by atoms with E-state index in [4.69, 9.17) is 11.6 Å². The highest BCUT2D eigenvalue weighted by Gasteiger charge is 2.13. The van der Waals surface area contributed by atoms with Crippen LogP contribution in [0.25, 0.3) is 0 Å². The summed E-state index contributed by atoms with van der Waals surface area (Å²) in [4.78, 5) is 24.0. The van der Waals surface area contributed by atoms with Crippen molar-refractivity contribution in [2.45, 2.75) is 38.6 Å². The van der Waals surface area contributed by atoms with Gasteiger partial charge in [0.2, 0.25) is 5.91 Å². The van der Waals surface area contributed by atoms with Gasteiger partial charge in [-0.25, -0.2) is 4.68 Å². The van der Waals surface area contributed by atoms with Crippen molar-refractivity contribution >= 4 is 17.5 Å². The van der Waals surface area contributed by atoms with E-state index in [1.54, 1.807) is 18.2 Å². The Balaban J connectivity index is 1.53. The molecule has 1 aliphatic carbocycles. The van der Waals surface area contributed by atoms with Gasteiger partial charge in [-0.2, -0.15) is 5.10 Å². The van der Waals surface area contributed by atoms with E-state index in [0.29, 0.717) is 24.5 Å². The lowest BCUT2D eigenvalue weighted by Crippen LogP contribution is -2.33. The Bertz CT molecular complexity index is 784. The number of carbonyl (C=O) groups excluding carboxylic acids is 1. The van der Waals surface area contributed by atoms with Crippen LogP contribution in [-0.2, 0) is 30.6 Å². The predicted octanol–water partition coefficient (Wildman–Crippen LogP) is 2.13. The molecule has 2 aromatic rings. The topological polar surface area (TPSA) is 64.0 Å². The number of nitrogens with zero attached hydrogens (tertiary/aromatic N) is 2. The molecule has 0 spiro atoms. The summed E-state index contributed by atoms with van der Waals surface area (Å²) in [6, 6.07) is 8.88. The van der Waals surface area contributed by atoms with Crippen molar-refractivity contribution in [1.29, 1.82) is 0 Å². The summed E-state index contributed by atoms with van der Waals surface area (Å²) in [5.41, 5.74) is 2.91. The number of nitrogens with one attached hydrogen (secondary N) is 1. The van der Waals surface area contributed by atoms with E-state index >= 15 is 0 Å². The molecule has 1 aromatic heterocycles. The SMILES string of the molecule is O=C(Cc1ccc(Cl)cc1)NCCn1nc2c(cc1=O)CCCC2. The minimum absolute atomic E-state index is 0.0802. The third kappa shape index (κ3) is 4.23. The van der Waals surface area contributed by atoms with E-state index in [-0.39, 0.29) is 11.5 Å². The molecule has 1 aliphatic rings. The van der Waals surface area contributed by atoms with Gasteiger partial charge in [0.15, 0.2) is 0 Å². The fourth-order valence-electron chi connectivity index (χ4n) is 2.91. The molecule has 1 amide bonds. The Kier molecular flexibility index (Phi) is 5.30. The highest BCUT2D eigenvalue weighted by molar-refractivity contribution is 6.30. The highest BCUT2D eigenvalue weighted by Crippen LogP contribution is 2.16. The highest BCUT2D eigenvalue weighted by atomic mass is 35.5. The first-order valence-corrected chi connectivity index (χ1v) is 8.61. The summed E-state index contributed by atoms with van der Waals surface area (Å²) >= 11 is 5.83. The molecule has 0 saturated carbocycles. The van der Waals surface area contributed by atoms with Crippen LogP contribution in [0.3, 0.4) is 0 Å². The molecule has 5 nitrogen and oxygen atoms in total. The first kappa shape index (κ1) is 16.7. The van der Waals surface area contributed by atoms with Crippen molar-refractivity contribution in [2.75, 3.05) is 6.54 Å². The van der Waals surface area contributed by atoms with Gasteiger partial charge in [0.1, 0.15) is 0 Å². The number of amides is 1. The third-order valence-corrected chi connectivity index (χ3v) is 4.45. The lowest BCUT2D eigenvalue weighted by atomic mass is 9.97. The minimum atomic E-state index is -0.0948. The van der Waals surface area contributed by atoms with Crippen molar-refractivity contribution in [3.05, 3.63) is 62.5 Å². The predicted molar refractivity (Wildman–Crippen MR) is 93.3 cm³/mol. The van der Waals surface area contributed by atoms with Gasteiger partial charge in [0.05, 0.1) is 18.7 Å². The molecular weight excluding hydrogens is 326 g/mol. The second kappa shape index (κ2) is 7.62. The van der Waals surface area contributed by atoms with Crippen LogP contribution in [-0.4, -0.2) is 22.2 Å². The van der Waals surface area contributed by atoms with E-state index < -0.39 is 0 Å². The van der Waals surface area contributed by atoms with Gasteiger partial charge in [-0.1, -0.05) is 23.7 Å². The van der Waals surface area contributed by atoms with Crippen LogP contribution in [0.1, 0.15) is 29.7 Å². The summed E-state index contributed by atoms with van der Waals surface area (Å²) < 4.78 is 1.45. The fourth-order valence-corrected chi connectivity index (χ4v) is 3.04. The van der Waals surface area contributed by atoms with Crippen molar-refractivity contribution in [2.24, 2.45) is 0 Å². The van der Waals surface area contributed by atoms with Crippen molar-refractivity contribution < 1.29 is 4.79 Å². The van der Waals surface area contributed by atoms with Crippen LogP contribution in [0.4, 0.5) is 0 Å². The number of aryl methyl sites for hydroxylation is 2. The zero-order valence-electron chi connectivity index (χ0n) is 13.4. The quantitative estimate of drug-likeness (QED) is 0.903. The first-order valence-electron chi connectivity index (χ1n) is 8.23. The van der Waals surface area contributed by atoms with Gasteiger partial charge in [-0.3, -0.25) is 9.59 Å². The number of halogens is 1. The van der Waals surface area contributed by atoms with Crippen molar-refractivity contribution in [3.8, 4) is 0 Å². The number of hydrogen-bond donors (Lipinski definition) is 1. The molecule has 0 bridgehead atoms. The van der Waals surface area contributed by atoms with E-state index in [0.717, 1.165) is 42.5 Å². The Morgan fingerprint density at radius 1 is 1.21 bits per heavy atom. The van der Waals surface area contributed by atoms with Crippen LogP contribution in [0.5, 0.6) is 0 Å². The molecular formula is C18H20ClN3O2. The molecule has 126 valence electrons. The summed E-state index contributed by atoms with van der Waals surface area (Å²) in [5, 5.41) is 7.92. The smallest absolute Gasteiger partial charge is 0.267 e. The maximum absolute atomic E-state index is 12.1. The summed E-state index contributed by atoms with van der Waals surface area (Å²) in [5.74, 6) is -0.0802. The standard InChI is InChI=1S/C18H20ClN3O2/c19-15-7-5-13(6-8-15)11-17(23)20-9-10-22-18(24)12-14-3-1-2-4-16(14)21-22/h5-8,12H,1-4,9-11H2,(H,20,23). The van der Waals surface area contributed by atoms with Crippen LogP contribution in [0.2, 0.25) is 5.02 Å². The second-order valence-electron chi connectivity index (χ2n) is 6.04. The first-order chi connectivity index (χ1) is 11.6. The average molecular weight is 346 g/mol. The van der Waals surface area contributed by atoms with E-state index in [2.05, 4.69) is 10.4 Å². The van der Waals surface area contributed by atoms with Gasteiger partial charge in [0.25, 0.3) is 5.56 Å². The van der Waals surface area contributed by atoms with Gasteiger partial charge < -0.3 is 5.32 Å². The molecule has 24 heavy (non-hydrogen) atoms. The number of benzene rings is 1. The Morgan fingerprint density at radius 2 is 1.96 bits per heavy atom. The molecule has 0 aliphatic heterocycles. The van der Waals surface area contributed by atoms with Crippen LogP contribution in [0, 0.1) is 0 Å². The maximum Gasteiger partial charge on any atom is 0.267 e. The maximum atomic E-state index is 12.1. The largest absolute Gasteiger partial charge is 0.354 e. The summed E-state index contributed by atoms with van der Waals surface area (Å²) in [6.07, 6.45) is 4.41. The summed E-state index contributed by atoms with van der Waals surface area (Å²) in [6.45, 7) is 0.774. The Hall–Kier alpha value is -2.14. The number of rotatable bonds is 5. The number of fused-ring (bicyclic) bond motifs is 1. The number of carbonyl (C=O) groups is 1. The second-order valence-corrected chi connectivity index (χ2v) is 6.47. The molecule has 0 unspecified atom stereocenters. The molecule has 0 fully saturated rings. The van der Waals surface area contributed by atoms with Gasteiger partial charge in [0, 0.05) is 17.6 Å². The lowest BCUT2D eigenvalue weighted by molar-refractivity contribution is -0.120. The van der Waals surface area contributed by atoms with E-state index in [1.165, 1.54) is 4.68 Å². The normalized spacial score (nSPS) is 13.4. The molecule has 0 atom stereocenters. The van der Waals surface area contributed by atoms with E-state index in [9.17, 15) is 9.59 Å². The third-order valence-electron chi connectivity index (χ3n) is 4.20. The molecule has 0 radical (unpaired) electrons. The van der Waals surface area contributed by atoms with Crippen LogP contribution >= 0.6 is 11.6 Å². The number of hydrogen-bond acceptors (Lipinski definition) is 3. The van der Waals surface area contributed by atoms with Crippen LogP contribution < -0.4 is 10.9 Å². The zero-order chi connectivity index (χ0) is 16.9. The van der Waals surface area contributed by atoms with Crippen molar-refractivity contribution in [1.82, 2.24) is 15.1 Å². The molecule has 0 saturated heterocycles. The Labute approximate surface area is 145 Å². The average Bonchev–Trinajstić information content (AvgIpc) is 2.57. The zero-order valence-corrected chi connectivity index (χ0v) is 14.2. The fraction of sp³-hybridized carbons (Fsp3) is 0.389. The molecule has 6 heteroatoms. The molecule has 1 N–H and O–H groups in total. The lowest BCUT2D eigenvalue weighted by Gasteiger charge is -2.16. The van der Waals surface area contributed by atoms with Gasteiger partial charge in [-0.05, 0) is 48.9 Å². The van der Waals surface area contributed by atoms with Crippen molar-refractivity contribution in [3.63, 3.8) is 0 Å².